The number of hydrogen-bond donors (Lipinski definition) is 1. The molecular weight excluding hydrogens is 224 g/mol. The molecule has 2 bridgehead atoms. The molecule has 1 aliphatic heterocycles. The highest BCUT2D eigenvalue weighted by Gasteiger charge is 2.41. The van der Waals surface area contributed by atoms with Gasteiger partial charge in [0.05, 0.1) is 18.1 Å². The average molecular weight is 248 g/mol. The number of aromatic nitrogens is 2. The topological polar surface area (TPSA) is 47.1 Å². The van der Waals surface area contributed by atoms with E-state index in [9.17, 15) is 0 Å². The van der Waals surface area contributed by atoms with Crippen molar-refractivity contribution >= 4 is 0 Å². The summed E-state index contributed by atoms with van der Waals surface area (Å²) in [5, 5.41) is 0. The van der Waals surface area contributed by atoms with Crippen LogP contribution >= 0.6 is 0 Å². The fourth-order valence-corrected chi connectivity index (χ4v) is 3.81. The van der Waals surface area contributed by atoms with E-state index in [1.165, 1.54) is 31.5 Å². The van der Waals surface area contributed by atoms with E-state index >= 15 is 0 Å². The molecular formula is C14H24N4. The second-order valence-corrected chi connectivity index (χ2v) is 5.79. The maximum absolute atomic E-state index is 6.06. The van der Waals surface area contributed by atoms with Gasteiger partial charge >= 0.3 is 0 Å². The maximum Gasteiger partial charge on any atom is 0.0948 e. The SMILES string of the molecule is CCCn1cncc1C(CN)N1CC2CCC1C2. The van der Waals surface area contributed by atoms with Crippen molar-refractivity contribution in [3.63, 3.8) is 0 Å². The number of rotatable bonds is 5. The molecule has 1 aromatic rings. The van der Waals surface area contributed by atoms with Gasteiger partial charge in [-0.3, -0.25) is 4.90 Å². The number of likely N-dealkylation sites (tertiary alicyclic amines) is 1. The second-order valence-electron chi connectivity index (χ2n) is 5.79. The Bertz CT molecular complexity index is 400. The van der Waals surface area contributed by atoms with Crippen LogP contribution in [0.2, 0.25) is 0 Å². The highest BCUT2D eigenvalue weighted by atomic mass is 15.3. The normalized spacial score (nSPS) is 29.0. The number of imidazole rings is 1. The van der Waals surface area contributed by atoms with Gasteiger partial charge in [-0.2, -0.15) is 0 Å². The number of aryl methyl sites for hydroxylation is 1. The molecule has 2 heterocycles. The summed E-state index contributed by atoms with van der Waals surface area (Å²) in [6.07, 6.45) is 9.29. The number of piperidine rings is 1. The van der Waals surface area contributed by atoms with Crippen molar-refractivity contribution in [2.75, 3.05) is 13.1 Å². The summed E-state index contributed by atoms with van der Waals surface area (Å²) in [7, 11) is 0. The Kier molecular flexibility index (Phi) is 3.39. The largest absolute Gasteiger partial charge is 0.333 e. The Labute approximate surface area is 109 Å². The molecule has 4 nitrogen and oxygen atoms in total. The van der Waals surface area contributed by atoms with E-state index in [1.807, 2.05) is 12.5 Å². The standard InChI is InChI=1S/C14H24N4/c1-2-5-17-10-16-8-14(17)13(7-15)18-9-11-3-4-12(18)6-11/h8,10-13H,2-7,9,15H2,1H3. The Balaban J connectivity index is 1.81. The predicted molar refractivity (Wildman–Crippen MR) is 72.1 cm³/mol. The zero-order chi connectivity index (χ0) is 12.5. The zero-order valence-corrected chi connectivity index (χ0v) is 11.3. The minimum Gasteiger partial charge on any atom is -0.333 e. The lowest BCUT2D eigenvalue weighted by atomic mass is 10.1. The minimum absolute atomic E-state index is 0.370. The van der Waals surface area contributed by atoms with Crippen LogP contribution in [0.25, 0.3) is 0 Å². The van der Waals surface area contributed by atoms with Crippen molar-refractivity contribution in [2.24, 2.45) is 11.7 Å². The molecule has 0 aromatic carbocycles. The molecule has 0 radical (unpaired) electrons. The summed E-state index contributed by atoms with van der Waals surface area (Å²) in [4.78, 5) is 6.96. The third-order valence-electron chi connectivity index (χ3n) is 4.63. The smallest absolute Gasteiger partial charge is 0.0948 e. The number of nitrogens with two attached hydrogens (primary N) is 1. The van der Waals surface area contributed by atoms with Gasteiger partial charge < -0.3 is 10.3 Å². The second kappa shape index (κ2) is 5.02. The first-order valence-electron chi connectivity index (χ1n) is 7.29. The van der Waals surface area contributed by atoms with E-state index in [1.54, 1.807) is 0 Å². The first-order chi connectivity index (χ1) is 8.83. The molecule has 3 atom stereocenters. The minimum atomic E-state index is 0.370. The highest BCUT2D eigenvalue weighted by molar-refractivity contribution is 5.10. The Morgan fingerprint density at radius 2 is 2.39 bits per heavy atom. The van der Waals surface area contributed by atoms with Crippen LogP contribution in [0.1, 0.15) is 44.3 Å². The Morgan fingerprint density at radius 3 is 3.00 bits per heavy atom. The molecule has 1 aromatic heterocycles. The quantitative estimate of drug-likeness (QED) is 0.864. The van der Waals surface area contributed by atoms with E-state index in [2.05, 4.69) is 21.4 Å². The molecule has 3 rings (SSSR count). The molecule has 2 aliphatic rings. The summed E-state index contributed by atoms with van der Waals surface area (Å²) in [5.74, 6) is 0.923. The third kappa shape index (κ3) is 1.97. The lowest BCUT2D eigenvalue weighted by molar-refractivity contribution is 0.147. The van der Waals surface area contributed by atoms with Crippen LogP contribution in [-0.2, 0) is 6.54 Å². The van der Waals surface area contributed by atoms with Crippen LogP contribution in [0, 0.1) is 5.92 Å². The van der Waals surface area contributed by atoms with Gasteiger partial charge in [-0.05, 0) is 31.6 Å². The van der Waals surface area contributed by atoms with E-state index in [-0.39, 0.29) is 0 Å². The number of fused-ring (bicyclic) bond motifs is 2. The Morgan fingerprint density at radius 1 is 1.50 bits per heavy atom. The van der Waals surface area contributed by atoms with Gasteiger partial charge in [0.2, 0.25) is 0 Å². The van der Waals surface area contributed by atoms with Crippen LogP contribution in [-0.4, -0.2) is 33.6 Å². The van der Waals surface area contributed by atoms with Crippen molar-refractivity contribution in [1.29, 1.82) is 0 Å². The van der Waals surface area contributed by atoms with Crippen LogP contribution in [0.15, 0.2) is 12.5 Å². The van der Waals surface area contributed by atoms with Gasteiger partial charge in [-0.25, -0.2) is 4.98 Å². The van der Waals surface area contributed by atoms with Gasteiger partial charge in [0.1, 0.15) is 0 Å². The maximum atomic E-state index is 6.06. The van der Waals surface area contributed by atoms with Gasteiger partial charge in [-0.15, -0.1) is 0 Å². The lowest BCUT2D eigenvalue weighted by Gasteiger charge is -2.34. The average Bonchev–Trinajstić information content (AvgIpc) is 3.07. The third-order valence-corrected chi connectivity index (χ3v) is 4.63. The molecule has 1 saturated carbocycles. The number of nitrogens with zero attached hydrogens (tertiary/aromatic N) is 3. The molecule has 18 heavy (non-hydrogen) atoms. The van der Waals surface area contributed by atoms with E-state index in [0.717, 1.165) is 24.9 Å². The molecule has 0 amide bonds. The predicted octanol–water partition coefficient (Wildman–Crippen LogP) is 1.78. The van der Waals surface area contributed by atoms with Crippen molar-refractivity contribution in [3.8, 4) is 0 Å². The molecule has 4 heteroatoms. The first kappa shape index (κ1) is 12.2. The summed E-state index contributed by atoms with van der Waals surface area (Å²) < 4.78 is 2.28. The van der Waals surface area contributed by atoms with Crippen LogP contribution in [0.3, 0.4) is 0 Å². The highest BCUT2D eigenvalue weighted by Crippen LogP contribution is 2.41. The monoisotopic (exact) mass is 248 g/mol. The van der Waals surface area contributed by atoms with Crippen molar-refractivity contribution in [3.05, 3.63) is 18.2 Å². The van der Waals surface area contributed by atoms with E-state index < -0.39 is 0 Å². The van der Waals surface area contributed by atoms with Crippen LogP contribution < -0.4 is 5.73 Å². The van der Waals surface area contributed by atoms with E-state index in [0.29, 0.717) is 12.6 Å². The lowest BCUT2D eigenvalue weighted by Crippen LogP contribution is -2.40. The first-order valence-corrected chi connectivity index (χ1v) is 7.29. The van der Waals surface area contributed by atoms with Gasteiger partial charge in [-0.1, -0.05) is 6.92 Å². The van der Waals surface area contributed by atoms with Crippen LogP contribution in [0.4, 0.5) is 0 Å². The molecule has 3 unspecified atom stereocenters. The van der Waals surface area contributed by atoms with Gasteiger partial charge in [0.25, 0.3) is 0 Å². The summed E-state index contributed by atoms with van der Waals surface area (Å²) in [6.45, 7) is 5.20. The fourth-order valence-electron chi connectivity index (χ4n) is 3.81. The number of hydrogen-bond acceptors (Lipinski definition) is 3. The summed E-state index contributed by atoms with van der Waals surface area (Å²) >= 11 is 0. The molecule has 100 valence electrons. The molecule has 1 saturated heterocycles. The molecule has 2 N–H and O–H groups in total. The Hall–Kier alpha value is -0.870. The summed E-state index contributed by atoms with van der Waals surface area (Å²) in [5.41, 5.74) is 7.37. The van der Waals surface area contributed by atoms with Gasteiger partial charge in [0, 0.05) is 31.9 Å². The fraction of sp³-hybridized carbons (Fsp3) is 0.786. The molecule has 0 spiro atoms. The van der Waals surface area contributed by atoms with Crippen LogP contribution in [0.5, 0.6) is 0 Å². The molecule has 2 fully saturated rings. The summed E-state index contributed by atoms with van der Waals surface area (Å²) in [6, 6.07) is 1.14. The van der Waals surface area contributed by atoms with Crippen molar-refractivity contribution in [1.82, 2.24) is 14.5 Å². The molecule has 1 aliphatic carbocycles. The van der Waals surface area contributed by atoms with Crippen molar-refractivity contribution in [2.45, 2.75) is 51.2 Å². The zero-order valence-electron chi connectivity index (χ0n) is 11.3. The van der Waals surface area contributed by atoms with Crippen molar-refractivity contribution < 1.29 is 0 Å². The van der Waals surface area contributed by atoms with E-state index in [4.69, 9.17) is 5.73 Å². The van der Waals surface area contributed by atoms with Gasteiger partial charge in [0.15, 0.2) is 0 Å².